The van der Waals surface area contributed by atoms with Gasteiger partial charge in [0.1, 0.15) is 29.6 Å². The van der Waals surface area contributed by atoms with Crippen molar-refractivity contribution in [2.45, 2.75) is 37.9 Å². The van der Waals surface area contributed by atoms with Gasteiger partial charge in [-0.05, 0) is 51.6 Å². The van der Waals surface area contributed by atoms with Gasteiger partial charge >= 0.3 is 6.18 Å². The van der Waals surface area contributed by atoms with Gasteiger partial charge in [-0.2, -0.15) is 13.2 Å². The van der Waals surface area contributed by atoms with Crippen molar-refractivity contribution in [1.82, 2.24) is 24.4 Å². The zero-order chi connectivity index (χ0) is 25.4. The Balaban J connectivity index is 1.40. The maximum Gasteiger partial charge on any atom is 0.419 e. The molecule has 1 saturated heterocycles. The van der Waals surface area contributed by atoms with Gasteiger partial charge in [0.15, 0.2) is 0 Å². The lowest BCUT2D eigenvalue weighted by atomic mass is 9.95. The lowest BCUT2D eigenvalue weighted by Gasteiger charge is -2.33. The van der Waals surface area contributed by atoms with Gasteiger partial charge in [0.25, 0.3) is 0 Å². The normalized spacial score (nSPS) is 16.5. The minimum atomic E-state index is -4.76. The van der Waals surface area contributed by atoms with Crippen molar-refractivity contribution in [2.24, 2.45) is 0 Å². The van der Waals surface area contributed by atoms with E-state index >= 15 is 0 Å². The number of nitrogens with one attached hydrogen (secondary N) is 1. The first-order chi connectivity index (χ1) is 17.2. The maximum absolute atomic E-state index is 13.9. The van der Waals surface area contributed by atoms with Crippen LogP contribution in [0, 0.1) is 5.82 Å². The van der Waals surface area contributed by atoms with E-state index in [1.54, 1.807) is 12.5 Å². The standard InChI is InChI=1S/C25H29F4N7/c1-34(2)11-12-36-14-21(17-3-4-20(26)19(13-17)25(27,28)29)33-23(36)16-6-9-35(10-7-16)24-18-5-8-30-22(18)31-15-32-24/h3-4,13-16H,5-12H2,1-2H3,(H,30,31,32). The molecule has 0 bridgehead atoms. The summed E-state index contributed by atoms with van der Waals surface area (Å²) in [6.07, 6.45) is 1.23. The van der Waals surface area contributed by atoms with Crippen LogP contribution in [0.1, 0.15) is 35.7 Å². The van der Waals surface area contributed by atoms with Crippen molar-refractivity contribution < 1.29 is 17.6 Å². The van der Waals surface area contributed by atoms with Crippen molar-refractivity contribution in [3.05, 3.63) is 53.5 Å². The summed E-state index contributed by atoms with van der Waals surface area (Å²) in [4.78, 5) is 18.0. The van der Waals surface area contributed by atoms with E-state index in [1.807, 2.05) is 18.7 Å². The summed E-state index contributed by atoms with van der Waals surface area (Å²) in [6, 6.07) is 3.08. The number of likely N-dealkylation sites (N-methyl/N-ethyl adjacent to an activating group) is 1. The van der Waals surface area contributed by atoms with Crippen LogP contribution in [0.15, 0.2) is 30.7 Å². The van der Waals surface area contributed by atoms with Gasteiger partial charge in [0, 0.05) is 56.0 Å². The van der Waals surface area contributed by atoms with Gasteiger partial charge in [-0.3, -0.25) is 0 Å². The van der Waals surface area contributed by atoms with Crippen molar-refractivity contribution in [1.29, 1.82) is 0 Å². The molecule has 192 valence electrons. The number of piperidine rings is 1. The summed E-state index contributed by atoms with van der Waals surface area (Å²) in [6.45, 7) is 3.90. The van der Waals surface area contributed by atoms with Crippen LogP contribution in [0.5, 0.6) is 0 Å². The number of fused-ring (bicyclic) bond motifs is 1. The van der Waals surface area contributed by atoms with E-state index in [9.17, 15) is 17.6 Å². The topological polar surface area (TPSA) is 62.1 Å². The van der Waals surface area contributed by atoms with Gasteiger partial charge in [0.05, 0.1) is 11.3 Å². The highest BCUT2D eigenvalue weighted by molar-refractivity contribution is 5.62. The molecule has 2 aliphatic heterocycles. The van der Waals surface area contributed by atoms with Crippen molar-refractivity contribution in [3.8, 4) is 11.3 Å². The van der Waals surface area contributed by atoms with Crippen LogP contribution in [0.25, 0.3) is 11.3 Å². The quantitative estimate of drug-likeness (QED) is 0.503. The first-order valence-electron chi connectivity index (χ1n) is 12.1. The molecule has 2 aliphatic rings. The predicted molar refractivity (Wildman–Crippen MR) is 130 cm³/mol. The van der Waals surface area contributed by atoms with Crippen LogP contribution in [0.2, 0.25) is 0 Å². The number of hydrogen-bond donors (Lipinski definition) is 1. The number of hydrogen-bond acceptors (Lipinski definition) is 6. The van der Waals surface area contributed by atoms with E-state index in [2.05, 4.69) is 25.1 Å². The second-order valence-electron chi connectivity index (χ2n) is 9.64. The fourth-order valence-electron chi connectivity index (χ4n) is 5.00. The minimum absolute atomic E-state index is 0.160. The molecule has 0 spiro atoms. The highest BCUT2D eigenvalue weighted by Gasteiger charge is 2.35. The Morgan fingerprint density at radius 2 is 1.92 bits per heavy atom. The lowest BCUT2D eigenvalue weighted by Crippen LogP contribution is -2.35. The monoisotopic (exact) mass is 503 g/mol. The number of imidazole rings is 1. The molecule has 7 nitrogen and oxygen atoms in total. The molecule has 4 heterocycles. The molecule has 0 saturated carbocycles. The van der Waals surface area contributed by atoms with E-state index in [0.29, 0.717) is 12.2 Å². The summed E-state index contributed by atoms with van der Waals surface area (Å²) in [5, 5.41) is 3.29. The molecule has 11 heteroatoms. The highest BCUT2D eigenvalue weighted by Crippen LogP contribution is 2.37. The Kier molecular flexibility index (Phi) is 6.59. The van der Waals surface area contributed by atoms with Crippen LogP contribution < -0.4 is 10.2 Å². The fourth-order valence-corrected chi connectivity index (χ4v) is 5.00. The molecule has 0 radical (unpaired) electrons. The summed E-state index contributed by atoms with van der Waals surface area (Å²) in [5.74, 6) is 1.62. The second-order valence-corrected chi connectivity index (χ2v) is 9.64. The van der Waals surface area contributed by atoms with Crippen LogP contribution in [0.3, 0.4) is 0 Å². The first-order valence-corrected chi connectivity index (χ1v) is 12.1. The number of anilines is 2. The van der Waals surface area contributed by atoms with E-state index in [4.69, 9.17) is 4.98 Å². The van der Waals surface area contributed by atoms with Crippen molar-refractivity contribution >= 4 is 11.6 Å². The third kappa shape index (κ3) is 4.88. The zero-order valence-corrected chi connectivity index (χ0v) is 20.3. The number of alkyl halides is 3. The van der Waals surface area contributed by atoms with E-state index in [0.717, 1.165) is 80.6 Å². The van der Waals surface area contributed by atoms with Gasteiger partial charge in [0.2, 0.25) is 0 Å². The van der Waals surface area contributed by atoms with Gasteiger partial charge in [-0.1, -0.05) is 0 Å². The van der Waals surface area contributed by atoms with Crippen LogP contribution in [-0.2, 0) is 19.1 Å². The number of halogens is 4. The summed E-state index contributed by atoms with van der Waals surface area (Å²) >= 11 is 0. The number of aromatic nitrogens is 4. The first kappa shape index (κ1) is 24.5. The van der Waals surface area contributed by atoms with Crippen molar-refractivity contribution in [2.75, 3.05) is 50.5 Å². The molecule has 1 aromatic carbocycles. The molecule has 1 fully saturated rings. The Bertz CT molecular complexity index is 1230. The number of benzene rings is 1. The molecular weight excluding hydrogens is 474 g/mol. The van der Waals surface area contributed by atoms with Gasteiger partial charge in [-0.25, -0.2) is 19.3 Å². The summed E-state index contributed by atoms with van der Waals surface area (Å²) < 4.78 is 55.8. The van der Waals surface area contributed by atoms with E-state index < -0.39 is 17.6 Å². The molecule has 3 aromatic rings. The second kappa shape index (κ2) is 9.68. The third-order valence-electron chi connectivity index (χ3n) is 6.91. The van der Waals surface area contributed by atoms with E-state index in [1.165, 1.54) is 6.07 Å². The van der Waals surface area contributed by atoms with Crippen molar-refractivity contribution in [3.63, 3.8) is 0 Å². The SMILES string of the molecule is CN(C)CCn1cc(-c2ccc(F)c(C(F)(F)F)c2)nc1C1CCN(c2ncnc3c2CCN3)CC1. The molecule has 0 atom stereocenters. The van der Waals surface area contributed by atoms with Gasteiger partial charge < -0.3 is 19.7 Å². The van der Waals surface area contributed by atoms with Gasteiger partial charge in [-0.15, -0.1) is 0 Å². The Labute approximate surface area is 207 Å². The summed E-state index contributed by atoms with van der Waals surface area (Å²) in [7, 11) is 3.95. The molecule has 2 aromatic heterocycles. The molecule has 36 heavy (non-hydrogen) atoms. The Morgan fingerprint density at radius 1 is 1.14 bits per heavy atom. The van der Waals surface area contributed by atoms with E-state index in [-0.39, 0.29) is 11.5 Å². The molecule has 0 unspecified atom stereocenters. The molecule has 0 amide bonds. The largest absolute Gasteiger partial charge is 0.419 e. The fraction of sp³-hybridized carbons (Fsp3) is 0.480. The number of rotatable bonds is 6. The maximum atomic E-state index is 13.9. The smallest absolute Gasteiger partial charge is 0.369 e. The average molecular weight is 504 g/mol. The molecular formula is C25H29F4N7. The Hall–Kier alpha value is -3.21. The average Bonchev–Trinajstić information content (AvgIpc) is 3.50. The van der Waals surface area contributed by atoms with Crippen LogP contribution >= 0.6 is 0 Å². The number of nitrogens with zero attached hydrogens (tertiary/aromatic N) is 6. The zero-order valence-electron chi connectivity index (χ0n) is 20.3. The summed E-state index contributed by atoms with van der Waals surface area (Å²) in [5.41, 5.74) is 0.568. The van der Waals surface area contributed by atoms with Crippen LogP contribution in [0.4, 0.5) is 29.2 Å². The molecule has 0 aliphatic carbocycles. The highest BCUT2D eigenvalue weighted by atomic mass is 19.4. The lowest BCUT2D eigenvalue weighted by molar-refractivity contribution is -0.139. The van der Waals surface area contributed by atoms with Crippen LogP contribution in [-0.4, -0.2) is 64.7 Å². The Morgan fingerprint density at radius 3 is 2.64 bits per heavy atom. The minimum Gasteiger partial charge on any atom is -0.369 e. The molecule has 1 N–H and O–H groups in total. The molecule has 5 rings (SSSR count). The predicted octanol–water partition coefficient (Wildman–Crippen LogP) is 4.41. The third-order valence-corrected chi connectivity index (χ3v) is 6.91.